The first-order valence-corrected chi connectivity index (χ1v) is 10.8. The SMILES string of the molecule is CC1=CCC[C@H]2[C@](C)(CC3=CC(=O)C(N[C@@H](CO)C(=O)O)=CC3=O)[C@@H](C)CC[C@]12C. The molecule has 0 aromatic carbocycles. The maximum atomic E-state index is 12.9. The van der Waals surface area contributed by atoms with E-state index in [1.54, 1.807) is 0 Å². The first-order chi connectivity index (χ1) is 14.0. The van der Waals surface area contributed by atoms with Crippen LogP contribution in [0.3, 0.4) is 0 Å². The van der Waals surface area contributed by atoms with Gasteiger partial charge in [-0.25, -0.2) is 4.79 Å². The van der Waals surface area contributed by atoms with E-state index in [1.165, 1.54) is 17.7 Å². The Morgan fingerprint density at radius 1 is 1.23 bits per heavy atom. The van der Waals surface area contributed by atoms with Gasteiger partial charge in [0.2, 0.25) is 5.78 Å². The maximum absolute atomic E-state index is 12.9. The maximum Gasteiger partial charge on any atom is 0.328 e. The Bertz CT molecular complexity index is 854. The summed E-state index contributed by atoms with van der Waals surface area (Å²) in [5, 5.41) is 20.7. The number of hydrogen-bond donors (Lipinski definition) is 3. The van der Waals surface area contributed by atoms with E-state index in [1.807, 2.05) is 0 Å². The number of carbonyl (C=O) groups is 3. The van der Waals surface area contributed by atoms with Crippen molar-refractivity contribution >= 4 is 17.5 Å². The fraction of sp³-hybridized carbons (Fsp3) is 0.625. The molecule has 30 heavy (non-hydrogen) atoms. The molecule has 3 rings (SSSR count). The standard InChI is InChI=1S/C24H33NO5/c1-14-6-5-7-21-23(14,3)9-8-15(2)24(21,4)12-16-10-20(28)17(11-19(16)27)25-18(13-26)22(29)30/h6,10-11,15,18,21,25-26H,5,7-9,12-13H2,1-4H3,(H,29,30)/t15-,18-,21+,23+,24+/m0/s1. The van der Waals surface area contributed by atoms with Gasteiger partial charge in [-0.3, -0.25) is 9.59 Å². The lowest BCUT2D eigenvalue weighted by atomic mass is 9.46. The van der Waals surface area contributed by atoms with Gasteiger partial charge in [0.25, 0.3) is 0 Å². The molecule has 0 radical (unpaired) electrons. The van der Waals surface area contributed by atoms with E-state index in [9.17, 15) is 19.5 Å². The summed E-state index contributed by atoms with van der Waals surface area (Å²) in [7, 11) is 0. The lowest BCUT2D eigenvalue weighted by molar-refractivity contribution is -0.140. The van der Waals surface area contributed by atoms with E-state index in [2.05, 4.69) is 39.1 Å². The number of aliphatic carboxylic acids is 1. The van der Waals surface area contributed by atoms with Gasteiger partial charge in [-0.05, 0) is 67.8 Å². The van der Waals surface area contributed by atoms with Crippen molar-refractivity contribution in [1.29, 1.82) is 0 Å². The van der Waals surface area contributed by atoms with Gasteiger partial charge in [0.1, 0.15) is 6.04 Å². The zero-order chi connectivity index (χ0) is 22.3. The number of carboxylic acids is 1. The van der Waals surface area contributed by atoms with Crippen LogP contribution in [0.25, 0.3) is 0 Å². The third-order valence-electron chi connectivity index (χ3n) is 8.14. The monoisotopic (exact) mass is 415 g/mol. The fourth-order valence-electron chi connectivity index (χ4n) is 5.85. The molecule has 1 saturated carbocycles. The smallest absolute Gasteiger partial charge is 0.328 e. The lowest BCUT2D eigenvalue weighted by Crippen LogP contribution is -2.50. The lowest BCUT2D eigenvalue weighted by Gasteiger charge is -2.58. The molecule has 3 aliphatic carbocycles. The van der Waals surface area contributed by atoms with Crippen molar-refractivity contribution < 1.29 is 24.6 Å². The molecule has 0 heterocycles. The van der Waals surface area contributed by atoms with E-state index in [0.29, 0.717) is 23.8 Å². The van der Waals surface area contributed by atoms with E-state index in [4.69, 9.17) is 5.11 Å². The molecule has 5 atom stereocenters. The number of rotatable bonds is 6. The number of fused-ring (bicyclic) bond motifs is 1. The molecule has 0 unspecified atom stereocenters. The number of nitrogens with one attached hydrogen (secondary N) is 1. The van der Waals surface area contributed by atoms with Crippen LogP contribution in [0.2, 0.25) is 0 Å². The quantitative estimate of drug-likeness (QED) is 0.455. The molecule has 0 saturated heterocycles. The summed E-state index contributed by atoms with van der Waals surface area (Å²) >= 11 is 0. The van der Waals surface area contributed by atoms with Crippen LogP contribution >= 0.6 is 0 Å². The summed E-state index contributed by atoms with van der Waals surface area (Å²) in [6.07, 6.45) is 9.80. The van der Waals surface area contributed by atoms with Gasteiger partial charge in [0.15, 0.2) is 5.78 Å². The Kier molecular flexibility index (Phi) is 6.10. The Balaban J connectivity index is 1.84. The Morgan fingerprint density at radius 2 is 1.93 bits per heavy atom. The van der Waals surface area contributed by atoms with E-state index < -0.39 is 24.4 Å². The fourth-order valence-corrected chi connectivity index (χ4v) is 5.85. The number of ketones is 2. The van der Waals surface area contributed by atoms with Crippen LogP contribution in [0.1, 0.15) is 59.8 Å². The van der Waals surface area contributed by atoms with E-state index >= 15 is 0 Å². The second kappa shape index (κ2) is 8.14. The normalized spacial score (nSPS) is 35.0. The molecule has 3 N–H and O–H groups in total. The minimum atomic E-state index is -1.32. The summed E-state index contributed by atoms with van der Waals surface area (Å²) in [5.74, 6) is -1.09. The third kappa shape index (κ3) is 3.78. The number of carbonyl (C=O) groups excluding carboxylic acids is 2. The molecular weight excluding hydrogens is 382 g/mol. The van der Waals surface area contributed by atoms with Gasteiger partial charge < -0.3 is 15.5 Å². The summed E-state index contributed by atoms with van der Waals surface area (Å²) in [6.45, 7) is 8.41. The largest absolute Gasteiger partial charge is 0.480 e. The third-order valence-corrected chi connectivity index (χ3v) is 8.14. The van der Waals surface area contributed by atoms with Crippen molar-refractivity contribution in [2.24, 2.45) is 22.7 Å². The number of carboxylic acid groups (broad SMARTS) is 1. The minimum absolute atomic E-state index is 0.0756. The second-order valence-electron chi connectivity index (χ2n) is 9.73. The van der Waals surface area contributed by atoms with Crippen LogP contribution in [0, 0.1) is 22.7 Å². The van der Waals surface area contributed by atoms with Crippen LogP contribution in [0.4, 0.5) is 0 Å². The molecule has 1 fully saturated rings. The highest BCUT2D eigenvalue weighted by Gasteiger charge is 2.53. The van der Waals surface area contributed by atoms with Crippen LogP contribution in [-0.2, 0) is 14.4 Å². The van der Waals surface area contributed by atoms with Gasteiger partial charge in [0, 0.05) is 11.6 Å². The zero-order valence-corrected chi connectivity index (χ0v) is 18.3. The first kappa shape index (κ1) is 22.5. The molecular formula is C24H33NO5. The van der Waals surface area contributed by atoms with Gasteiger partial charge in [-0.15, -0.1) is 0 Å². The zero-order valence-electron chi connectivity index (χ0n) is 18.3. The van der Waals surface area contributed by atoms with Crippen molar-refractivity contribution in [2.75, 3.05) is 6.61 Å². The Labute approximate surface area is 178 Å². The molecule has 6 heteroatoms. The minimum Gasteiger partial charge on any atom is -0.480 e. The number of aliphatic hydroxyl groups is 1. The summed E-state index contributed by atoms with van der Waals surface area (Å²) in [4.78, 5) is 36.6. The Morgan fingerprint density at radius 3 is 2.57 bits per heavy atom. The van der Waals surface area contributed by atoms with E-state index in [0.717, 1.165) is 25.7 Å². The summed E-state index contributed by atoms with van der Waals surface area (Å²) in [5.41, 5.74) is 1.88. The highest BCUT2D eigenvalue weighted by Crippen LogP contribution is 2.62. The molecule has 3 aliphatic rings. The molecule has 0 aliphatic heterocycles. The van der Waals surface area contributed by atoms with Gasteiger partial charge in [-0.2, -0.15) is 0 Å². The molecule has 0 bridgehead atoms. The van der Waals surface area contributed by atoms with Gasteiger partial charge in [-0.1, -0.05) is 32.4 Å². The van der Waals surface area contributed by atoms with Crippen molar-refractivity contribution in [1.82, 2.24) is 5.32 Å². The van der Waals surface area contributed by atoms with Crippen molar-refractivity contribution in [2.45, 2.75) is 65.8 Å². The van der Waals surface area contributed by atoms with Crippen molar-refractivity contribution in [3.8, 4) is 0 Å². The van der Waals surface area contributed by atoms with E-state index in [-0.39, 0.29) is 22.3 Å². The van der Waals surface area contributed by atoms with Crippen molar-refractivity contribution in [3.05, 3.63) is 35.1 Å². The average molecular weight is 416 g/mol. The van der Waals surface area contributed by atoms with Crippen LogP contribution < -0.4 is 5.32 Å². The van der Waals surface area contributed by atoms with Crippen molar-refractivity contribution in [3.63, 3.8) is 0 Å². The number of hydrogen-bond acceptors (Lipinski definition) is 5. The predicted octanol–water partition coefficient (Wildman–Crippen LogP) is 3.17. The highest BCUT2D eigenvalue weighted by molar-refractivity contribution is 6.19. The van der Waals surface area contributed by atoms with Crippen LogP contribution in [0.15, 0.2) is 35.1 Å². The molecule has 0 aromatic heterocycles. The number of allylic oxidation sites excluding steroid dienone is 5. The Hall–Kier alpha value is -2.21. The van der Waals surface area contributed by atoms with Gasteiger partial charge in [0.05, 0.1) is 12.3 Å². The highest BCUT2D eigenvalue weighted by atomic mass is 16.4. The predicted molar refractivity (Wildman–Crippen MR) is 114 cm³/mol. The topological polar surface area (TPSA) is 104 Å². The summed E-state index contributed by atoms with van der Waals surface area (Å²) in [6, 6.07) is -1.32. The molecule has 6 nitrogen and oxygen atoms in total. The number of aliphatic hydroxyl groups excluding tert-OH is 1. The molecule has 0 spiro atoms. The molecule has 0 aromatic rings. The van der Waals surface area contributed by atoms with Gasteiger partial charge >= 0.3 is 5.97 Å². The van der Waals surface area contributed by atoms with Crippen LogP contribution in [-0.4, -0.2) is 40.4 Å². The second-order valence-corrected chi connectivity index (χ2v) is 9.73. The average Bonchev–Trinajstić information content (AvgIpc) is 2.68. The molecule has 164 valence electrons. The first-order valence-electron chi connectivity index (χ1n) is 10.8. The van der Waals surface area contributed by atoms with Crippen LogP contribution in [0.5, 0.6) is 0 Å². The molecule has 0 amide bonds. The summed E-state index contributed by atoms with van der Waals surface area (Å²) < 4.78 is 0.